The zero-order chi connectivity index (χ0) is 29.2. The van der Waals surface area contributed by atoms with Crippen molar-refractivity contribution in [3.05, 3.63) is 114 Å². The molecule has 6 aromatic rings. The van der Waals surface area contributed by atoms with Crippen LogP contribution in [0.15, 0.2) is 97.3 Å². The van der Waals surface area contributed by atoms with E-state index in [1.165, 1.54) is 0 Å². The number of imidazole rings is 1. The SMILES string of the molecule is O=C(O)C1CCCCC1c1nc2cc(OCc3ccc4ccccc4n3)ccc2n1Cc1cccc(-c2ncccn2)c1. The molecule has 8 nitrogen and oxygen atoms in total. The number of rotatable bonds is 8. The number of carboxylic acids is 1. The lowest BCUT2D eigenvalue weighted by Crippen LogP contribution is -2.27. The van der Waals surface area contributed by atoms with E-state index in [4.69, 9.17) is 14.7 Å². The number of aliphatic carboxylic acids is 1. The van der Waals surface area contributed by atoms with Gasteiger partial charge in [0.15, 0.2) is 5.82 Å². The molecule has 1 N–H and O–H groups in total. The Kier molecular flexibility index (Phi) is 7.25. The molecule has 0 bridgehead atoms. The number of ether oxygens (including phenoxy) is 1. The Labute approximate surface area is 249 Å². The van der Waals surface area contributed by atoms with E-state index in [9.17, 15) is 9.90 Å². The summed E-state index contributed by atoms with van der Waals surface area (Å²) in [4.78, 5) is 30.9. The van der Waals surface area contributed by atoms with Crippen LogP contribution in [-0.4, -0.2) is 35.6 Å². The number of benzene rings is 3. The molecular formula is C35H31N5O3. The number of carbonyl (C=O) groups is 1. The second-order valence-electron chi connectivity index (χ2n) is 11.1. The summed E-state index contributed by atoms with van der Waals surface area (Å²) < 4.78 is 8.35. The van der Waals surface area contributed by atoms with Gasteiger partial charge in [-0.25, -0.2) is 19.9 Å². The van der Waals surface area contributed by atoms with Crippen LogP contribution < -0.4 is 4.74 Å². The molecule has 1 aliphatic rings. The molecule has 0 radical (unpaired) electrons. The van der Waals surface area contributed by atoms with Crippen molar-refractivity contribution in [3.63, 3.8) is 0 Å². The van der Waals surface area contributed by atoms with Gasteiger partial charge in [-0.05, 0) is 54.8 Å². The van der Waals surface area contributed by atoms with Crippen molar-refractivity contribution >= 4 is 27.9 Å². The van der Waals surface area contributed by atoms with Crippen LogP contribution in [0.3, 0.4) is 0 Å². The number of hydrogen-bond donors (Lipinski definition) is 1. The van der Waals surface area contributed by atoms with E-state index >= 15 is 0 Å². The van der Waals surface area contributed by atoms with Gasteiger partial charge >= 0.3 is 5.97 Å². The van der Waals surface area contributed by atoms with E-state index in [1.807, 2.05) is 60.7 Å². The fourth-order valence-corrected chi connectivity index (χ4v) is 6.19. The van der Waals surface area contributed by atoms with Crippen LogP contribution in [0.2, 0.25) is 0 Å². The maximum absolute atomic E-state index is 12.3. The van der Waals surface area contributed by atoms with E-state index < -0.39 is 11.9 Å². The zero-order valence-corrected chi connectivity index (χ0v) is 23.6. The van der Waals surface area contributed by atoms with Gasteiger partial charge in [0.1, 0.15) is 18.2 Å². The predicted octanol–water partition coefficient (Wildman–Crippen LogP) is 7.03. The number of fused-ring (bicyclic) bond motifs is 2. The van der Waals surface area contributed by atoms with E-state index in [2.05, 4.69) is 32.7 Å². The maximum Gasteiger partial charge on any atom is 0.307 e. The molecule has 3 aromatic carbocycles. The molecule has 2 unspecified atom stereocenters. The Morgan fingerprint density at radius 1 is 0.860 bits per heavy atom. The topological polar surface area (TPSA) is 103 Å². The zero-order valence-electron chi connectivity index (χ0n) is 23.6. The van der Waals surface area contributed by atoms with E-state index in [0.717, 1.165) is 63.8 Å². The van der Waals surface area contributed by atoms with Gasteiger partial charge in [0, 0.05) is 41.9 Å². The second-order valence-corrected chi connectivity index (χ2v) is 11.1. The third-order valence-corrected chi connectivity index (χ3v) is 8.30. The minimum Gasteiger partial charge on any atom is -0.487 e. The number of nitrogens with zero attached hydrogens (tertiary/aromatic N) is 5. The molecule has 3 aromatic heterocycles. The van der Waals surface area contributed by atoms with Crippen LogP contribution in [0, 0.1) is 5.92 Å². The third-order valence-electron chi connectivity index (χ3n) is 8.30. The number of hydrogen-bond acceptors (Lipinski definition) is 6. The van der Waals surface area contributed by atoms with Crippen molar-refractivity contribution in [2.75, 3.05) is 0 Å². The van der Waals surface area contributed by atoms with Crippen molar-refractivity contribution in [2.24, 2.45) is 5.92 Å². The van der Waals surface area contributed by atoms with Crippen molar-refractivity contribution in [2.45, 2.75) is 44.8 Å². The van der Waals surface area contributed by atoms with E-state index in [1.54, 1.807) is 18.5 Å². The van der Waals surface area contributed by atoms with Crippen LogP contribution in [-0.2, 0) is 17.9 Å². The highest BCUT2D eigenvalue weighted by Gasteiger charge is 2.35. The molecule has 3 heterocycles. The van der Waals surface area contributed by atoms with E-state index in [-0.39, 0.29) is 5.92 Å². The predicted molar refractivity (Wildman–Crippen MR) is 165 cm³/mol. The first-order valence-corrected chi connectivity index (χ1v) is 14.7. The molecular weight excluding hydrogens is 538 g/mol. The fourth-order valence-electron chi connectivity index (χ4n) is 6.19. The molecule has 0 spiro atoms. The fraction of sp³-hybridized carbons (Fsp3) is 0.229. The van der Waals surface area contributed by atoms with Crippen LogP contribution in [0.1, 0.15) is 48.7 Å². The van der Waals surface area contributed by atoms with Gasteiger partial charge in [0.05, 0.1) is 28.2 Å². The summed E-state index contributed by atoms with van der Waals surface area (Å²) in [5.74, 6) is 0.810. The minimum atomic E-state index is -0.751. The van der Waals surface area contributed by atoms with Crippen LogP contribution in [0.25, 0.3) is 33.3 Å². The average molecular weight is 570 g/mol. The average Bonchev–Trinajstić information content (AvgIpc) is 3.41. The Morgan fingerprint density at radius 3 is 2.60 bits per heavy atom. The molecule has 1 saturated carbocycles. The number of para-hydroxylation sites is 1. The highest BCUT2D eigenvalue weighted by atomic mass is 16.5. The van der Waals surface area contributed by atoms with Crippen LogP contribution >= 0.6 is 0 Å². The Morgan fingerprint density at radius 2 is 1.72 bits per heavy atom. The molecule has 2 atom stereocenters. The van der Waals surface area contributed by atoms with Crippen molar-refractivity contribution in [3.8, 4) is 17.1 Å². The van der Waals surface area contributed by atoms with Crippen molar-refractivity contribution in [1.29, 1.82) is 0 Å². The number of aromatic nitrogens is 5. The molecule has 214 valence electrons. The second kappa shape index (κ2) is 11.6. The summed E-state index contributed by atoms with van der Waals surface area (Å²) in [6.45, 7) is 0.887. The summed E-state index contributed by atoms with van der Waals surface area (Å²) >= 11 is 0. The smallest absolute Gasteiger partial charge is 0.307 e. The van der Waals surface area contributed by atoms with Gasteiger partial charge in [-0.3, -0.25) is 4.79 Å². The Balaban J connectivity index is 1.23. The molecule has 1 aliphatic carbocycles. The normalized spacial score (nSPS) is 16.8. The molecule has 0 aliphatic heterocycles. The van der Waals surface area contributed by atoms with Crippen molar-refractivity contribution < 1.29 is 14.6 Å². The standard InChI is InChI=1S/C35H31N5O3/c41-35(42)29-11-3-2-10-28(29)34-39-31-20-27(43-22-26-14-13-24-8-1-4-12-30(24)38-26)15-16-32(31)40(34)21-23-7-5-9-25(19-23)33-36-17-6-18-37-33/h1,4-9,12-20,28-29H,2-3,10-11,21-22H2,(H,41,42). The largest absolute Gasteiger partial charge is 0.487 e. The summed E-state index contributed by atoms with van der Waals surface area (Å²) in [7, 11) is 0. The highest BCUT2D eigenvalue weighted by Crippen LogP contribution is 2.39. The first kappa shape index (κ1) is 26.8. The first-order chi connectivity index (χ1) is 21.1. The Hall–Kier alpha value is -5.11. The molecule has 1 fully saturated rings. The van der Waals surface area contributed by atoms with Gasteiger partial charge in [0.2, 0.25) is 0 Å². The quantitative estimate of drug-likeness (QED) is 0.210. The highest BCUT2D eigenvalue weighted by molar-refractivity contribution is 5.79. The Bertz CT molecular complexity index is 1920. The van der Waals surface area contributed by atoms with Gasteiger partial charge < -0.3 is 14.4 Å². The van der Waals surface area contributed by atoms with Gasteiger partial charge in [-0.1, -0.05) is 55.3 Å². The lowest BCUT2D eigenvalue weighted by atomic mass is 9.78. The van der Waals surface area contributed by atoms with Crippen LogP contribution in [0.5, 0.6) is 5.75 Å². The van der Waals surface area contributed by atoms with E-state index in [0.29, 0.717) is 31.1 Å². The maximum atomic E-state index is 12.3. The summed E-state index contributed by atoms with van der Waals surface area (Å²) in [5.41, 5.74) is 5.52. The van der Waals surface area contributed by atoms with Gasteiger partial charge in [0.25, 0.3) is 0 Å². The first-order valence-electron chi connectivity index (χ1n) is 14.7. The minimum absolute atomic E-state index is 0.162. The van der Waals surface area contributed by atoms with Crippen LogP contribution in [0.4, 0.5) is 0 Å². The number of carboxylic acid groups (broad SMARTS) is 1. The summed E-state index contributed by atoms with van der Waals surface area (Å²) in [5, 5.41) is 11.2. The number of pyridine rings is 1. The third kappa shape index (κ3) is 5.56. The lowest BCUT2D eigenvalue weighted by molar-refractivity contribution is -0.143. The summed E-state index contributed by atoms with van der Waals surface area (Å²) in [6.07, 6.45) is 6.86. The lowest BCUT2D eigenvalue weighted by Gasteiger charge is -2.28. The molecule has 0 amide bonds. The molecule has 0 saturated heterocycles. The molecule has 7 rings (SSSR count). The van der Waals surface area contributed by atoms with Crippen molar-refractivity contribution in [1.82, 2.24) is 24.5 Å². The monoisotopic (exact) mass is 569 g/mol. The summed E-state index contributed by atoms with van der Waals surface area (Å²) in [6, 6.07) is 28.0. The molecule has 43 heavy (non-hydrogen) atoms. The molecule has 8 heteroatoms. The van der Waals surface area contributed by atoms with Gasteiger partial charge in [-0.15, -0.1) is 0 Å². The van der Waals surface area contributed by atoms with Gasteiger partial charge in [-0.2, -0.15) is 0 Å².